The van der Waals surface area contributed by atoms with Gasteiger partial charge in [-0.3, -0.25) is 4.90 Å². The maximum Gasteiger partial charge on any atom is 0.119 e. The molecule has 0 amide bonds. The summed E-state index contributed by atoms with van der Waals surface area (Å²) in [4.78, 5) is 2.46. The van der Waals surface area contributed by atoms with Gasteiger partial charge in [-0.1, -0.05) is 12.1 Å². The molecule has 1 N–H and O–H groups in total. The molecule has 1 fully saturated rings. The second kappa shape index (κ2) is 7.51. The SMILES string of the molecule is Cc1cccc(OCCN2CCC[C@H](CCO)C2)c1. The fraction of sp³-hybridized carbons (Fsp3) is 0.625. The lowest BCUT2D eigenvalue weighted by molar-refractivity contribution is 0.129. The minimum absolute atomic E-state index is 0.318. The molecule has 3 nitrogen and oxygen atoms in total. The summed E-state index contributed by atoms with van der Waals surface area (Å²) in [6, 6.07) is 8.20. The number of aliphatic hydroxyl groups is 1. The first-order valence-electron chi connectivity index (χ1n) is 7.30. The third-order valence-electron chi connectivity index (χ3n) is 3.81. The van der Waals surface area contributed by atoms with Crippen molar-refractivity contribution in [3.63, 3.8) is 0 Å². The molecule has 106 valence electrons. The summed E-state index contributed by atoms with van der Waals surface area (Å²) >= 11 is 0. The van der Waals surface area contributed by atoms with Crippen LogP contribution < -0.4 is 4.74 Å². The van der Waals surface area contributed by atoms with Gasteiger partial charge in [0, 0.05) is 19.7 Å². The van der Waals surface area contributed by atoms with E-state index in [0.717, 1.165) is 31.9 Å². The van der Waals surface area contributed by atoms with Gasteiger partial charge in [-0.05, 0) is 56.3 Å². The van der Waals surface area contributed by atoms with E-state index in [1.54, 1.807) is 0 Å². The zero-order valence-electron chi connectivity index (χ0n) is 11.8. The fourth-order valence-corrected chi connectivity index (χ4v) is 2.77. The monoisotopic (exact) mass is 263 g/mol. The van der Waals surface area contributed by atoms with Crippen LogP contribution in [0, 0.1) is 12.8 Å². The Labute approximate surface area is 116 Å². The van der Waals surface area contributed by atoms with E-state index in [2.05, 4.69) is 24.0 Å². The molecule has 0 saturated carbocycles. The molecule has 1 aliphatic heterocycles. The Morgan fingerprint density at radius 3 is 3.11 bits per heavy atom. The Morgan fingerprint density at radius 2 is 2.32 bits per heavy atom. The largest absolute Gasteiger partial charge is 0.492 e. The van der Waals surface area contributed by atoms with Crippen molar-refractivity contribution in [2.75, 3.05) is 32.8 Å². The van der Waals surface area contributed by atoms with Gasteiger partial charge in [0.15, 0.2) is 0 Å². The molecular weight excluding hydrogens is 238 g/mol. The van der Waals surface area contributed by atoms with Crippen LogP contribution in [0.2, 0.25) is 0 Å². The molecule has 0 spiro atoms. The third-order valence-corrected chi connectivity index (χ3v) is 3.81. The molecule has 1 saturated heterocycles. The van der Waals surface area contributed by atoms with Crippen LogP contribution in [0.25, 0.3) is 0 Å². The van der Waals surface area contributed by atoms with Crippen molar-refractivity contribution in [1.29, 1.82) is 0 Å². The lowest BCUT2D eigenvalue weighted by Gasteiger charge is -2.32. The minimum Gasteiger partial charge on any atom is -0.492 e. The van der Waals surface area contributed by atoms with Gasteiger partial charge in [-0.2, -0.15) is 0 Å². The molecule has 2 rings (SSSR count). The van der Waals surface area contributed by atoms with Gasteiger partial charge < -0.3 is 9.84 Å². The van der Waals surface area contributed by atoms with Crippen LogP contribution in [-0.2, 0) is 0 Å². The number of nitrogens with zero attached hydrogens (tertiary/aromatic N) is 1. The van der Waals surface area contributed by atoms with Crippen molar-refractivity contribution in [3.05, 3.63) is 29.8 Å². The van der Waals surface area contributed by atoms with Gasteiger partial charge in [0.2, 0.25) is 0 Å². The Hall–Kier alpha value is -1.06. The number of likely N-dealkylation sites (tertiary alicyclic amines) is 1. The van der Waals surface area contributed by atoms with Gasteiger partial charge in [-0.15, -0.1) is 0 Å². The van der Waals surface area contributed by atoms with Gasteiger partial charge in [-0.25, -0.2) is 0 Å². The summed E-state index contributed by atoms with van der Waals surface area (Å²) in [6.07, 6.45) is 3.44. The molecule has 0 radical (unpaired) electrons. The van der Waals surface area contributed by atoms with Crippen LogP contribution >= 0.6 is 0 Å². The van der Waals surface area contributed by atoms with Crippen LogP contribution in [0.3, 0.4) is 0 Å². The predicted molar refractivity (Wildman–Crippen MR) is 77.5 cm³/mol. The number of ether oxygens (including phenoxy) is 1. The summed E-state index contributed by atoms with van der Waals surface area (Å²) in [5, 5.41) is 9.01. The van der Waals surface area contributed by atoms with Gasteiger partial charge >= 0.3 is 0 Å². The maximum atomic E-state index is 9.01. The summed E-state index contributed by atoms with van der Waals surface area (Å²) in [7, 11) is 0. The van der Waals surface area contributed by atoms with Crippen LogP contribution in [0.1, 0.15) is 24.8 Å². The van der Waals surface area contributed by atoms with Crippen LogP contribution in [0.15, 0.2) is 24.3 Å². The lowest BCUT2D eigenvalue weighted by atomic mass is 9.95. The molecule has 1 aromatic carbocycles. The first-order chi connectivity index (χ1) is 9.28. The molecule has 0 aliphatic carbocycles. The van der Waals surface area contributed by atoms with Gasteiger partial charge in [0.25, 0.3) is 0 Å². The average Bonchev–Trinajstić information content (AvgIpc) is 2.40. The molecule has 1 atom stereocenters. The van der Waals surface area contributed by atoms with Gasteiger partial charge in [0.1, 0.15) is 12.4 Å². The summed E-state index contributed by atoms with van der Waals surface area (Å²) in [6.45, 7) is 6.40. The van der Waals surface area contributed by atoms with Crippen molar-refractivity contribution in [2.24, 2.45) is 5.92 Å². The second-order valence-corrected chi connectivity index (χ2v) is 5.49. The van der Waals surface area contributed by atoms with Crippen molar-refractivity contribution >= 4 is 0 Å². The van der Waals surface area contributed by atoms with Crippen molar-refractivity contribution < 1.29 is 9.84 Å². The van der Waals surface area contributed by atoms with Crippen LogP contribution in [0.5, 0.6) is 5.75 Å². The Kier molecular flexibility index (Phi) is 5.67. The standard InChI is InChI=1S/C16H25NO2/c1-14-4-2-6-16(12-14)19-11-9-17-8-3-5-15(13-17)7-10-18/h2,4,6,12,15,18H,3,5,7-11,13H2,1H3/t15-/m1/s1. The summed E-state index contributed by atoms with van der Waals surface area (Å²) < 4.78 is 5.79. The number of hydrogen-bond acceptors (Lipinski definition) is 3. The first-order valence-corrected chi connectivity index (χ1v) is 7.30. The third kappa shape index (κ3) is 4.84. The van der Waals surface area contributed by atoms with E-state index in [1.807, 2.05) is 12.1 Å². The molecule has 3 heteroatoms. The fourth-order valence-electron chi connectivity index (χ4n) is 2.77. The normalized spacial score (nSPS) is 20.4. The molecule has 1 aliphatic rings. The first kappa shape index (κ1) is 14.4. The highest BCUT2D eigenvalue weighted by molar-refractivity contribution is 5.27. The molecule has 1 heterocycles. The summed E-state index contributed by atoms with van der Waals surface area (Å²) in [5.41, 5.74) is 1.23. The van der Waals surface area contributed by atoms with E-state index in [4.69, 9.17) is 9.84 Å². The Bertz CT molecular complexity index is 379. The van der Waals surface area contributed by atoms with Crippen molar-refractivity contribution in [1.82, 2.24) is 4.90 Å². The quantitative estimate of drug-likeness (QED) is 0.856. The number of benzene rings is 1. The number of rotatable bonds is 6. The molecule has 0 aromatic heterocycles. The highest BCUT2D eigenvalue weighted by Gasteiger charge is 2.18. The Balaban J connectivity index is 1.70. The molecule has 1 aromatic rings. The second-order valence-electron chi connectivity index (χ2n) is 5.49. The highest BCUT2D eigenvalue weighted by atomic mass is 16.5. The number of aryl methyl sites for hydroxylation is 1. The molecule has 0 unspecified atom stereocenters. The van der Waals surface area contributed by atoms with E-state index in [-0.39, 0.29) is 0 Å². The van der Waals surface area contributed by atoms with Crippen LogP contribution in [-0.4, -0.2) is 42.9 Å². The average molecular weight is 263 g/mol. The zero-order valence-corrected chi connectivity index (χ0v) is 11.8. The van der Waals surface area contributed by atoms with E-state index in [0.29, 0.717) is 12.5 Å². The number of hydrogen-bond donors (Lipinski definition) is 1. The van der Waals surface area contributed by atoms with Crippen molar-refractivity contribution in [2.45, 2.75) is 26.2 Å². The zero-order chi connectivity index (χ0) is 13.5. The van der Waals surface area contributed by atoms with Crippen LogP contribution in [0.4, 0.5) is 0 Å². The highest BCUT2D eigenvalue weighted by Crippen LogP contribution is 2.19. The van der Waals surface area contributed by atoms with Gasteiger partial charge in [0.05, 0.1) is 0 Å². The smallest absolute Gasteiger partial charge is 0.119 e. The Morgan fingerprint density at radius 1 is 1.42 bits per heavy atom. The van der Waals surface area contributed by atoms with E-state index < -0.39 is 0 Å². The van der Waals surface area contributed by atoms with Crippen molar-refractivity contribution in [3.8, 4) is 5.75 Å². The topological polar surface area (TPSA) is 32.7 Å². The molecule has 0 bridgehead atoms. The maximum absolute atomic E-state index is 9.01. The molecular formula is C16H25NO2. The summed E-state index contributed by atoms with van der Waals surface area (Å²) in [5.74, 6) is 1.63. The van der Waals surface area contributed by atoms with E-state index in [1.165, 1.54) is 24.9 Å². The minimum atomic E-state index is 0.318. The number of aliphatic hydroxyl groups excluding tert-OH is 1. The number of piperidine rings is 1. The van der Waals surface area contributed by atoms with E-state index in [9.17, 15) is 0 Å². The lowest BCUT2D eigenvalue weighted by Crippen LogP contribution is -2.38. The predicted octanol–water partition coefficient (Wildman–Crippen LogP) is 2.47. The molecule has 19 heavy (non-hydrogen) atoms. The van der Waals surface area contributed by atoms with E-state index >= 15 is 0 Å².